The highest BCUT2D eigenvalue weighted by molar-refractivity contribution is 7.12. The number of rotatable bonds is 9. The highest BCUT2D eigenvalue weighted by Gasteiger charge is 2.35. The maximum atomic E-state index is 12.5. The zero-order valence-corrected chi connectivity index (χ0v) is 17.0. The maximum Gasteiger partial charge on any atom is 0.338 e. The molecule has 1 aliphatic rings. The van der Waals surface area contributed by atoms with E-state index in [1.165, 1.54) is 17.6 Å². The summed E-state index contributed by atoms with van der Waals surface area (Å²) in [6, 6.07) is 5.21. The molecule has 158 valence electrons. The molecule has 0 aromatic carbocycles. The molecule has 9 nitrogen and oxygen atoms in total. The van der Waals surface area contributed by atoms with Gasteiger partial charge >= 0.3 is 18.0 Å². The lowest BCUT2D eigenvalue weighted by Gasteiger charge is -2.27. The summed E-state index contributed by atoms with van der Waals surface area (Å²) in [4.78, 5) is 49.2. The van der Waals surface area contributed by atoms with Crippen LogP contribution in [0.2, 0.25) is 0 Å². The zero-order valence-electron chi connectivity index (χ0n) is 16.1. The van der Waals surface area contributed by atoms with E-state index in [0.717, 1.165) is 0 Å². The van der Waals surface area contributed by atoms with Gasteiger partial charge in [0.15, 0.2) is 5.78 Å². The topological polar surface area (TPSA) is 124 Å². The number of carbonyl (C=O) groups is 4. The summed E-state index contributed by atoms with van der Waals surface area (Å²) in [5, 5.41) is 6.86. The van der Waals surface area contributed by atoms with E-state index in [2.05, 4.69) is 10.6 Å². The second-order valence-corrected chi connectivity index (χ2v) is 7.17. The second kappa shape index (κ2) is 9.88. The van der Waals surface area contributed by atoms with E-state index >= 15 is 0 Å². The average molecular weight is 432 g/mol. The standard InChI is InChI=1S/C20H20N2O7S/c1-2-27-19(25)17-12(21-20(26)22-18(17)14-5-3-9-28-14)11-29-16(24)8-7-13(23)15-6-4-10-30-15/h3-6,9-10,18H,2,7-8,11H2,1H3,(H2,21,22,26)/t18-/m1/s1. The fourth-order valence-electron chi connectivity index (χ4n) is 2.85. The molecule has 0 saturated carbocycles. The zero-order chi connectivity index (χ0) is 21.5. The van der Waals surface area contributed by atoms with Crippen molar-refractivity contribution in [3.8, 4) is 0 Å². The van der Waals surface area contributed by atoms with Gasteiger partial charge in [-0.05, 0) is 30.5 Å². The van der Waals surface area contributed by atoms with Crippen LogP contribution in [0.25, 0.3) is 0 Å². The van der Waals surface area contributed by atoms with Crippen LogP contribution in [-0.2, 0) is 19.1 Å². The number of ether oxygens (including phenoxy) is 2. The van der Waals surface area contributed by atoms with Gasteiger partial charge < -0.3 is 24.5 Å². The minimum Gasteiger partial charge on any atom is -0.467 e. The molecule has 0 fully saturated rings. The Labute approximate surface area is 176 Å². The Kier molecular flexibility index (Phi) is 7.02. The van der Waals surface area contributed by atoms with E-state index in [1.807, 2.05) is 0 Å². The molecule has 0 saturated heterocycles. The third-order valence-electron chi connectivity index (χ3n) is 4.21. The Bertz CT molecular complexity index is 948. The molecule has 2 aromatic rings. The molecular weight excluding hydrogens is 412 g/mol. The molecular formula is C20H20N2O7S. The van der Waals surface area contributed by atoms with Gasteiger partial charge in [0.05, 0.1) is 35.4 Å². The largest absolute Gasteiger partial charge is 0.467 e. The van der Waals surface area contributed by atoms with Gasteiger partial charge in [-0.15, -0.1) is 11.3 Å². The van der Waals surface area contributed by atoms with Crippen LogP contribution in [0.15, 0.2) is 51.6 Å². The summed E-state index contributed by atoms with van der Waals surface area (Å²) in [5.74, 6) is -1.12. The van der Waals surface area contributed by atoms with Crippen molar-refractivity contribution >= 4 is 35.1 Å². The van der Waals surface area contributed by atoms with Crippen LogP contribution in [0.3, 0.4) is 0 Å². The first-order valence-electron chi connectivity index (χ1n) is 9.23. The third kappa shape index (κ3) is 5.15. The van der Waals surface area contributed by atoms with Crippen molar-refractivity contribution in [1.29, 1.82) is 0 Å². The van der Waals surface area contributed by atoms with E-state index in [-0.39, 0.29) is 43.1 Å². The molecule has 30 heavy (non-hydrogen) atoms. The minimum absolute atomic E-state index is 0.00601. The Morgan fingerprint density at radius 3 is 2.67 bits per heavy atom. The molecule has 2 N–H and O–H groups in total. The fraction of sp³-hybridized carbons (Fsp3) is 0.300. The number of amides is 2. The number of Topliss-reactive ketones (excluding diaryl/α,β-unsaturated/α-hetero) is 1. The van der Waals surface area contributed by atoms with Crippen molar-refractivity contribution < 1.29 is 33.1 Å². The van der Waals surface area contributed by atoms with Gasteiger partial charge in [0.1, 0.15) is 18.4 Å². The van der Waals surface area contributed by atoms with Crippen LogP contribution in [0, 0.1) is 0 Å². The van der Waals surface area contributed by atoms with Gasteiger partial charge in [-0.3, -0.25) is 9.59 Å². The minimum atomic E-state index is -0.887. The summed E-state index contributed by atoms with van der Waals surface area (Å²) >= 11 is 1.30. The molecule has 0 bridgehead atoms. The monoisotopic (exact) mass is 432 g/mol. The van der Waals surface area contributed by atoms with Crippen LogP contribution in [0.5, 0.6) is 0 Å². The van der Waals surface area contributed by atoms with E-state index < -0.39 is 24.0 Å². The smallest absolute Gasteiger partial charge is 0.338 e. The van der Waals surface area contributed by atoms with Gasteiger partial charge in [-0.1, -0.05) is 6.07 Å². The number of carbonyl (C=O) groups excluding carboxylic acids is 4. The van der Waals surface area contributed by atoms with Gasteiger partial charge in [0.2, 0.25) is 0 Å². The van der Waals surface area contributed by atoms with Crippen molar-refractivity contribution in [2.24, 2.45) is 0 Å². The molecule has 0 unspecified atom stereocenters. The van der Waals surface area contributed by atoms with Crippen LogP contribution in [-0.4, -0.2) is 37.0 Å². The third-order valence-corrected chi connectivity index (χ3v) is 5.12. The Morgan fingerprint density at radius 2 is 2.00 bits per heavy atom. The summed E-state index contributed by atoms with van der Waals surface area (Å²) in [6.07, 6.45) is 1.30. The number of furan rings is 1. The van der Waals surface area contributed by atoms with Gasteiger partial charge in [0.25, 0.3) is 0 Å². The number of nitrogens with one attached hydrogen (secondary N) is 2. The van der Waals surface area contributed by atoms with Gasteiger partial charge in [-0.2, -0.15) is 0 Å². The quantitative estimate of drug-likeness (QED) is 0.461. The first kappa shape index (κ1) is 21.3. The van der Waals surface area contributed by atoms with E-state index in [1.54, 1.807) is 36.6 Å². The number of esters is 2. The first-order valence-corrected chi connectivity index (χ1v) is 10.1. The first-order chi connectivity index (χ1) is 14.5. The molecule has 2 amide bonds. The highest BCUT2D eigenvalue weighted by Crippen LogP contribution is 2.28. The molecule has 0 aliphatic carbocycles. The lowest BCUT2D eigenvalue weighted by Crippen LogP contribution is -2.47. The summed E-state index contributed by atoms with van der Waals surface area (Å²) in [5.41, 5.74) is 0.172. The SMILES string of the molecule is CCOC(=O)C1=C(COC(=O)CCC(=O)c2cccs2)NC(=O)N[C@@H]1c1ccco1. The maximum absolute atomic E-state index is 12.5. The lowest BCUT2D eigenvalue weighted by molar-refractivity contribution is -0.143. The van der Waals surface area contributed by atoms with Crippen LogP contribution < -0.4 is 10.6 Å². The van der Waals surface area contributed by atoms with Crippen molar-refractivity contribution in [2.45, 2.75) is 25.8 Å². The Balaban J connectivity index is 1.70. The fourth-order valence-corrected chi connectivity index (χ4v) is 3.55. The van der Waals surface area contributed by atoms with Crippen molar-refractivity contribution in [2.75, 3.05) is 13.2 Å². The molecule has 1 atom stereocenters. The summed E-state index contributed by atoms with van der Waals surface area (Å²) in [6.45, 7) is 1.42. The van der Waals surface area contributed by atoms with Crippen molar-refractivity contribution in [3.05, 3.63) is 57.8 Å². The number of hydrogen-bond donors (Lipinski definition) is 2. The summed E-state index contributed by atoms with van der Waals surface area (Å²) < 4.78 is 15.6. The molecule has 3 rings (SSSR count). The van der Waals surface area contributed by atoms with Crippen LogP contribution >= 0.6 is 11.3 Å². The predicted molar refractivity (Wildman–Crippen MR) is 106 cm³/mol. The number of hydrogen-bond acceptors (Lipinski definition) is 8. The Morgan fingerprint density at radius 1 is 1.17 bits per heavy atom. The molecule has 0 spiro atoms. The predicted octanol–water partition coefficient (Wildman–Crippen LogP) is 2.72. The lowest BCUT2D eigenvalue weighted by atomic mass is 10.0. The molecule has 2 aromatic heterocycles. The van der Waals surface area contributed by atoms with Gasteiger partial charge in [0, 0.05) is 6.42 Å². The second-order valence-electron chi connectivity index (χ2n) is 6.22. The molecule has 3 heterocycles. The van der Waals surface area contributed by atoms with Crippen LogP contribution in [0.4, 0.5) is 4.79 Å². The van der Waals surface area contributed by atoms with E-state index in [0.29, 0.717) is 10.6 Å². The van der Waals surface area contributed by atoms with E-state index in [4.69, 9.17) is 13.9 Å². The normalized spacial score (nSPS) is 15.9. The van der Waals surface area contributed by atoms with Gasteiger partial charge in [-0.25, -0.2) is 9.59 Å². The summed E-state index contributed by atoms with van der Waals surface area (Å²) in [7, 11) is 0. The van der Waals surface area contributed by atoms with Crippen LogP contribution in [0.1, 0.15) is 41.2 Å². The molecule has 10 heteroatoms. The van der Waals surface area contributed by atoms with E-state index in [9.17, 15) is 19.2 Å². The average Bonchev–Trinajstić information content (AvgIpc) is 3.44. The highest BCUT2D eigenvalue weighted by atomic mass is 32.1. The molecule has 1 aliphatic heterocycles. The number of ketones is 1. The Hall–Kier alpha value is -3.40. The molecule has 0 radical (unpaired) electrons. The number of urea groups is 1. The van der Waals surface area contributed by atoms with Crippen molar-refractivity contribution in [3.63, 3.8) is 0 Å². The number of thiophene rings is 1. The van der Waals surface area contributed by atoms with Crippen molar-refractivity contribution in [1.82, 2.24) is 10.6 Å².